The lowest BCUT2D eigenvalue weighted by Crippen LogP contribution is -2.37. The van der Waals surface area contributed by atoms with Gasteiger partial charge >= 0.3 is 0 Å². The second kappa shape index (κ2) is 9.61. The number of furan rings is 1. The van der Waals surface area contributed by atoms with Crippen LogP contribution in [0.15, 0.2) is 45.7 Å². The number of aryl methyl sites for hydroxylation is 1. The quantitative estimate of drug-likeness (QED) is 0.437. The van der Waals surface area contributed by atoms with E-state index in [0.717, 1.165) is 5.56 Å². The van der Waals surface area contributed by atoms with Crippen LogP contribution in [-0.2, 0) is 20.1 Å². The van der Waals surface area contributed by atoms with Gasteiger partial charge in [0, 0.05) is 31.4 Å². The highest BCUT2D eigenvalue weighted by Gasteiger charge is 2.19. The van der Waals surface area contributed by atoms with Gasteiger partial charge in [0.05, 0.1) is 11.9 Å². The highest BCUT2D eigenvalue weighted by atomic mass is 35.5. The number of hydrogen-bond acceptors (Lipinski definition) is 6. The number of pyridine rings is 1. The van der Waals surface area contributed by atoms with Gasteiger partial charge in [0.2, 0.25) is 11.1 Å². The minimum absolute atomic E-state index is 0.0129. The van der Waals surface area contributed by atoms with Crippen LogP contribution < -0.4 is 16.5 Å². The molecule has 1 aromatic carbocycles. The van der Waals surface area contributed by atoms with Gasteiger partial charge in [-0.3, -0.25) is 14.5 Å². The number of carbonyl (C=O) groups is 1. The van der Waals surface area contributed by atoms with E-state index in [2.05, 4.69) is 5.32 Å². The van der Waals surface area contributed by atoms with E-state index < -0.39 is 17.4 Å². The lowest BCUT2D eigenvalue weighted by atomic mass is 10.2. The van der Waals surface area contributed by atoms with Crippen molar-refractivity contribution < 1.29 is 14.3 Å². The number of aliphatic hydroxyl groups is 1. The third kappa shape index (κ3) is 5.50. The van der Waals surface area contributed by atoms with Crippen LogP contribution in [0.4, 0.5) is 0 Å². The first-order valence-electron chi connectivity index (χ1n) is 9.46. The summed E-state index contributed by atoms with van der Waals surface area (Å²) in [5.74, 6) is 0.0379. The van der Waals surface area contributed by atoms with Crippen molar-refractivity contribution in [2.24, 2.45) is 12.8 Å². The molecule has 31 heavy (non-hydrogen) atoms. The first kappa shape index (κ1) is 23.0. The number of thiocarbonyl (C=S) groups is 1. The van der Waals surface area contributed by atoms with E-state index >= 15 is 0 Å². The summed E-state index contributed by atoms with van der Waals surface area (Å²) in [5.41, 5.74) is 6.27. The average molecular weight is 463 g/mol. The Labute approximate surface area is 189 Å². The molecule has 1 unspecified atom stereocenters. The van der Waals surface area contributed by atoms with Crippen LogP contribution >= 0.6 is 23.8 Å². The number of benzene rings is 1. The molecular weight excluding hydrogens is 440 g/mol. The third-order valence-electron chi connectivity index (χ3n) is 4.75. The van der Waals surface area contributed by atoms with Crippen molar-refractivity contribution in [2.75, 3.05) is 13.6 Å². The molecule has 2 heterocycles. The molecule has 0 aliphatic carbocycles. The Morgan fingerprint density at radius 3 is 2.71 bits per heavy atom. The summed E-state index contributed by atoms with van der Waals surface area (Å²) in [5, 5.41) is 13.5. The number of hydrogen-bond donors (Lipinski definition) is 3. The van der Waals surface area contributed by atoms with Gasteiger partial charge in [-0.1, -0.05) is 36.0 Å². The smallest absolute Gasteiger partial charge is 0.257 e. The zero-order valence-corrected chi connectivity index (χ0v) is 18.7. The lowest BCUT2D eigenvalue weighted by molar-refractivity contribution is 0.0949. The predicted molar refractivity (Wildman–Crippen MR) is 123 cm³/mol. The molecule has 0 saturated heterocycles. The SMILES string of the molecule is CN(Cc1cc2c(=O)c(C(=O)NCc3ccc(Cl)cc3)cn(C)c2o1)CC(O)C(N)=S. The Hall–Kier alpha value is -2.72. The van der Waals surface area contributed by atoms with Crippen LogP contribution in [0.3, 0.4) is 0 Å². The van der Waals surface area contributed by atoms with E-state index in [0.29, 0.717) is 28.4 Å². The number of aromatic nitrogens is 1. The van der Waals surface area contributed by atoms with Gasteiger partial charge in [0.15, 0.2) is 0 Å². The van der Waals surface area contributed by atoms with Crippen LogP contribution in [0.2, 0.25) is 5.02 Å². The first-order valence-corrected chi connectivity index (χ1v) is 10.2. The van der Waals surface area contributed by atoms with Crippen molar-refractivity contribution in [1.29, 1.82) is 0 Å². The highest BCUT2D eigenvalue weighted by Crippen LogP contribution is 2.18. The maximum Gasteiger partial charge on any atom is 0.257 e. The van der Waals surface area contributed by atoms with Crippen molar-refractivity contribution in [3.05, 3.63) is 68.7 Å². The summed E-state index contributed by atoms with van der Waals surface area (Å²) in [7, 11) is 3.47. The standard InChI is InChI=1S/C21H23ClN4O4S/c1-25(11-17(27)19(23)31)9-14-7-15-18(28)16(10-26(2)21(15)30-14)20(29)24-8-12-3-5-13(22)6-4-12/h3-7,10,17,27H,8-9,11H2,1-2H3,(H2,23,31)(H,24,29). The molecule has 164 valence electrons. The highest BCUT2D eigenvalue weighted by molar-refractivity contribution is 7.80. The Balaban J connectivity index is 1.78. The fourth-order valence-electron chi connectivity index (χ4n) is 3.15. The van der Waals surface area contributed by atoms with Gasteiger partial charge in [-0.05, 0) is 30.8 Å². The molecule has 1 amide bonds. The molecule has 0 fully saturated rings. The molecule has 0 aliphatic rings. The zero-order chi connectivity index (χ0) is 22.7. The summed E-state index contributed by atoms with van der Waals surface area (Å²) in [6.07, 6.45) is 0.515. The Bertz CT molecular complexity index is 1170. The second-order valence-electron chi connectivity index (χ2n) is 7.34. The first-order chi connectivity index (χ1) is 14.7. The summed E-state index contributed by atoms with van der Waals surface area (Å²) < 4.78 is 7.40. The average Bonchev–Trinajstić information content (AvgIpc) is 3.14. The fourth-order valence-corrected chi connectivity index (χ4v) is 3.35. The number of rotatable bonds is 8. The van der Waals surface area contributed by atoms with Crippen LogP contribution in [0.1, 0.15) is 21.7 Å². The summed E-state index contributed by atoms with van der Waals surface area (Å²) in [4.78, 5) is 27.3. The maximum atomic E-state index is 12.9. The maximum absolute atomic E-state index is 12.9. The summed E-state index contributed by atoms with van der Waals surface area (Å²) >= 11 is 10.6. The molecule has 2 aromatic heterocycles. The van der Waals surface area contributed by atoms with Crippen molar-refractivity contribution in [2.45, 2.75) is 19.2 Å². The van der Waals surface area contributed by atoms with Crippen LogP contribution in [0.5, 0.6) is 0 Å². The molecule has 4 N–H and O–H groups in total. The number of carbonyl (C=O) groups excluding carboxylic acids is 1. The largest absolute Gasteiger partial charge is 0.443 e. The van der Waals surface area contributed by atoms with Gasteiger partial charge in [-0.25, -0.2) is 0 Å². The number of amides is 1. The molecule has 0 spiro atoms. The predicted octanol–water partition coefficient (Wildman–Crippen LogP) is 1.79. The Kier molecular flexibility index (Phi) is 7.11. The molecule has 8 nitrogen and oxygen atoms in total. The third-order valence-corrected chi connectivity index (χ3v) is 5.27. The minimum atomic E-state index is -0.938. The number of halogens is 1. The number of likely N-dealkylation sites (N-methyl/N-ethyl adjacent to an activating group) is 1. The normalized spacial score (nSPS) is 12.3. The molecule has 10 heteroatoms. The topological polar surface area (TPSA) is 114 Å². The molecule has 3 aromatic rings. The van der Waals surface area contributed by atoms with Crippen LogP contribution in [0, 0.1) is 0 Å². The minimum Gasteiger partial charge on any atom is -0.443 e. The second-order valence-corrected chi connectivity index (χ2v) is 8.25. The van der Waals surface area contributed by atoms with E-state index in [1.807, 2.05) is 0 Å². The molecule has 0 aliphatic heterocycles. The number of nitrogens with one attached hydrogen (secondary N) is 1. The van der Waals surface area contributed by atoms with Crippen molar-refractivity contribution >= 4 is 45.8 Å². The lowest BCUT2D eigenvalue weighted by Gasteiger charge is -2.18. The van der Waals surface area contributed by atoms with E-state index in [-0.39, 0.29) is 23.6 Å². The van der Waals surface area contributed by atoms with E-state index in [1.54, 1.807) is 53.9 Å². The molecule has 3 rings (SSSR count). The van der Waals surface area contributed by atoms with Crippen molar-refractivity contribution in [3.63, 3.8) is 0 Å². The monoisotopic (exact) mass is 462 g/mol. The van der Waals surface area contributed by atoms with Gasteiger partial charge in [0.25, 0.3) is 5.91 Å². The van der Waals surface area contributed by atoms with Gasteiger partial charge in [0.1, 0.15) is 22.4 Å². The van der Waals surface area contributed by atoms with Crippen molar-refractivity contribution in [1.82, 2.24) is 14.8 Å². The Morgan fingerprint density at radius 2 is 2.06 bits per heavy atom. The number of nitrogens with two attached hydrogens (primary N) is 1. The molecule has 0 bridgehead atoms. The van der Waals surface area contributed by atoms with Gasteiger partial charge < -0.3 is 25.1 Å². The van der Waals surface area contributed by atoms with Crippen LogP contribution in [0.25, 0.3) is 11.1 Å². The van der Waals surface area contributed by atoms with E-state index in [9.17, 15) is 14.7 Å². The summed E-state index contributed by atoms with van der Waals surface area (Å²) in [6.45, 7) is 0.816. The number of nitrogens with zero attached hydrogens (tertiary/aromatic N) is 2. The molecule has 1 atom stereocenters. The molecular formula is C21H23ClN4O4S. The Morgan fingerprint density at radius 1 is 1.39 bits per heavy atom. The van der Waals surface area contributed by atoms with Gasteiger partial charge in [-0.2, -0.15) is 0 Å². The van der Waals surface area contributed by atoms with Crippen LogP contribution in [-0.4, -0.2) is 45.2 Å². The van der Waals surface area contributed by atoms with Gasteiger partial charge in [-0.15, -0.1) is 0 Å². The van der Waals surface area contributed by atoms with E-state index in [1.165, 1.54) is 6.20 Å². The zero-order valence-electron chi connectivity index (χ0n) is 17.1. The number of fused-ring (bicyclic) bond motifs is 1. The summed E-state index contributed by atoms with van der Waals surface area (Å²) in [6, 6.07) is 8.68. The fraction of sp³-hybridized carbons (Fsp3) is 0.286. The number of aliphatic hydroxyl groups excluding tert-OH is 1. The van der Waals surface area contributed by atoms with Crippen molar-refractivity contribution in [3.8, 4) is 0 Å². The van der Waals surface area contributed by atoms with E-state index in [4.69, 9.17) is 34.0 Å². The molecule has 0 saturated carbocycles. The molecule has 0 radical (unpaired) electrons.